The van der Waals surface area contributed by atoms with Gasteiger partial charge in [-0.15, -0.1) is 0 Å². The first kappa shape index (κ1) is 10.1. The molecule has 1 fully saturated rings. The Kier molecular flexibility index (Phi) is 3.52. The number of rotatable bonds is 2. The molecule has 0 N–H and O–H groups in total. The van der Waals surface area contributed by atoms with Crippen LogP contribution in [-0.4, -0.2) is 0 Å². The lowest BCUT2D eigenvalue weighted by atomic mass is 9.82. The first-order valence-electron chi connectivity index (χ1n) is 5.60. The summed E-state index contributed by atoms with van der Waals surface area (Å²) < 4.78 is 0. The third kappa shape index (κ3) is 2.14. The minimum absolute atomic E-state index is 0.812. The Morgan fingerprint density at radius 1 is 1.07 bits per heavy atom. The zero-order valence-corrected chi connectivity index (χ0v) is 9.47. The van der Waals surface area contributed by atoms with E-state index in [0.29, 0.717) is 0 Å². The average Bonchev–Trinajstić information content (AvgIpc) is 2.30. The average molecular weight is 206 g/mol. The maximum atomic E-state index is 4.40. The van der Waals surface area contributed by atoms with Crippen molar-refractivity contribution >= 4 is 12.6 Å². The maximum Gasteiger partial charge on any atom is 0.0157 e. The molecule has 0 saturated heterocycles. The van der Waals surface area contributed by atoms with Crippen LogP contribution < -0.4 is 0 Å². The molecule has 0 nitrogen and oxygen atoms in total. The van der Waals surface area contributed by atoms with Crippen LogP contribution in [0.5, 0.6) is 0 Å². The van der Waals surface area contributed by atoms with Crippen LogP contribution in [0.15, 0.2) is 24.3 Å². The fraction of sp³-hybridized carbons (Fsp3) is 0.538. The van der Waals surface area contributed by atoms with Gasteiger partial charge >= 0.3 is 0 Å². The van der Waals surface area contributed by atoms with Gasteiger partial charge in [0.1, 0.15) is 0 Å². The lowest BCUT2D eigenvalue weighted by Crippen LogP contribution is -2.06. The van der Waals surface area contributed by atoms with E-state index in [-0.39, 0.29) is 0 Å². The van der Waals surface area contributed by atoms with E-state index < -0.39 is 0 Å². The molecule has 1 aliphatic carbocycles. The van der Waals surface area contributed by atoms with Crippen LogP contribution in [0.4, 0.5) is 0 Å². The first-order valence-corrected chi connectivity index (χ1v) is 6.23. The largest absolute Gasteiger partial charge is 0.175 e. The Hall–Kier alpha value is -0.430. The molecule has 1 aromatic rings. The molecular weight excluding hydrogens is 188 g/mol. The number of thiol groups is 1. The third-order valence-corrected chi connectivity index (χ3v) is 3.61. The molecule has 0 atom stereocenters. The second-order valence-electron chi connectivity index (χ2n) is 4.19. The molecule has 2 rings (SSSR count). The van der Waals surface area contributed by atoms with Gasteiger partial charge in [0.25, 0.3) is 0 Å². The molecule has 0 unspecified atom stereocenters. The minimum atomic E-state index is 0.812. The molecule has 1 saturated carbocycles. The molecular formula is C13H18S. The highest BCUT2D eigenvalue weighted by Crippen LogP contribution is 2.34. The van der Waals surface area contributed by atoms with Crippen molar-refractivity contribution in [1.82, 2.24) is 0 Å². The molecule has 1 aliphatic rings. The van der Waals surface area contributed by atoms with Crippen LogP contribution in [0.1, 0.15) is 49.1 Å². The highest BCUT2D eigenvalue weighted by atomic mass is 32.1. The summed E-state index contributed by atoms with van der Waals surface area (Å²) in [6.45, 7) is 0. The van der Waals surface area contributed by atoms with Crippen LogP contribution in [0.2, 0.25) is 0 Å². The SMILES string of the molecule is SCc1ccccc1C1CCCCC1. The molecule has 0 spiro atoms. The van der Waals surface area contributed by atoms with Crippen molar-refractivity contribution in [1.29, 1.82) is 0 Å². The molecule has 1 aromatic carbocycles. The Morgan fingerprint density at radius 3 is 2.50 bits per heavy atom. The molecule has 0 amide bonds. The van der Waals surface area contributed by atoms with E-state index >= 15 is 0 Å². The van der Waals surface area contributed by atoms with Gasteiger partial charge in [-0.3, -0.25) is 0 Å². The highest BCUT2D eigenvalue weighted by Gasteiger charge is 2.17. The van der Waals surface area contributed by atoms with Crippen LogP contribution in [0, 0.1) is 0 Å². The predicted octanol–water partition coefficient (Wildman–Crippen LogP) is 4.16. The van der Waals surface area contributed by atoms with Gasteiger partial charge in [-0.05, 0) is 29.9 Å². The Bertz CT molecular complexity index is 287. The van der Waals surface area contributed by atoms with E-state index in [9.17, 15) is 0 Å². The summed E-state index contributed by atoms with van der Waals surface area (Å²) in [5, 5.41) is 0. The third-order valence-electron chi connectivity index (χ3n) is 3.27. The number of benzene rings is 1. The molecule has 0 bridgehead atoms. The molecule has 0 radical (unpaired) electrons. The van der Waals surface area contributed by atoms with Crippen LogP contribution in [-0.2, 0) is 5.75 Å². The smallest absolute Gasteiger partial charge is 0.0157 e. The zero-order chi connectivity index (χ0) is 9.80. The lowest BCUT2D eigenvalue weighted by Gasteiger charge is -2.23. The van der Waals surface area contributed by atoms with E-state index in [1.165, 1.54) is 37.7 Å². The summed E-state index contributed by atoms with van der Waals surface area (Å²) in [6, 6.07) is 8.80. The van der Waals surface area contributed by atoms with Gasteiger partial charge in [0.15, 0.2) is 0 Å². The molecule has 0 aliphatic heterocycles. The summed E-state index contributed by atoms with van der Waals surface area (Å²) >= 11 is 4.40. The Balaban J connectivity index is 2.20. The summed E-state index contributed by atoms with van der Waals surface area (Å²) in [4.78, 5) is 0. The molecule has 76 valence electrons. The van der Waals surface area contributed by atoms with Crippen LogP contribution >= 0.6 is 12.6 Å². The summed E-state index contributed by atoms with van der Waals surface area (Å²) in [6.07, 6.45) is 7.01. The molecule has 0 heterocycles. The van der Waals surface area contributed by atoms with Crippen molar-refractivity contribution < 1.29 is 0 Å². The second-order valence-corrected chi connectivity index (χ2v) is 4.51. The normalized spacial score (nSPS) is 18.4. The molecule has 14 heavy (non-hydrogen) atoms. The topological polar surface area (TPSA) is 0 Å². The zero-order valence-electron chi connectivity index (χ0n) is 8.58. The lowest BCUT2D eigenvalue weighted by molar-refractivity contribution is 0.442. The summed E-state index contributed by atoms with van der Waals surface area (Å²) in [5.41, 5.74) is 2.99. The number of hydrogen-bond donors (Lipinski definition) is 1. The predicted molar refractivity (Wildman–Crippen MR) is 65.0 cm³/mol. The monoisotopic (exact) mass is 206 g/mol. The molecule has 0 aromatic heterocycles. The molecule has 1 heteroatoms. The van der Waals surface area contributed by atoms with Crippen molar-refractivity contribution in [2.75, 3.05) is 0 Å². The van der Waals surface area contributed by atoms with Crippen molar-refractivity contribution in [3.05, 3.63) is 35.4 Å². The van der Waals surface area contributed by atoms with Crippen molar-refractivity contribution in [2.45, 2.75) is 43.8 Å². The Labute approximate surface area is 92.1 Å². The Morgan fingerprint density at radius 2 is 1.79 bits per heavy atom. The van der Waals surface area contributed by atoms with E-state index in [0.717, 1.165) is 11.7 Å². The number of hydrogen-bond acceptors (Lipinski definition) is 1. The highest BCUT2D eigenvalue weighted by molar-refractivity contribution is 7.79. The van der Waals surface area contributed by atoms with Crippen molar-refractivity contribution in [3.63, 3.8) is 0 Å². The van der Waals surface area contributed by atoms with Crippen molar-refractivity contribution in [2.24, 2.45) is 0 Å². The van der Waals surface area contributed by atoms with Gasteiger partial charge in [-0.25, -0.2) is 0 Å². The first-order chi connectivity index (χ1) is 6.92. The fourth-order valence-corrected chi connectivity index (χ4v) is 2.78. The summed E-state index contributed by atoms with van der Waals surface area (Å²) in [7, 11) is 0. The van der Waals surface area contributed by atoms with Gasteiger partial charge in [0.05, 0.1) is 0 Å². The van der Waals surface area contributed by atoms with E-state index in [4.69, 9.17) is 0 Å². The standard InChI is InChI=1S/C13H18S/c14-10-12-8-4-5-9-13(12)11-6-2-1-3-7-11/h4-5,8-9,11,14H,1-3,6-7,10H2. The van der Waals surface area contributed by atoms with Gasteiger partial charge in [0, 0.05) is 5.75 Å². The minimum Gasteiger partial charge on any atom is -0.175 e. The maximum absolute atomic E-state index is 4.40. The van der Waals surface area contributed by atoms with Gasteiger partial charge < -0.3 is 0 Å². The van der Waals surface area contributed by atoms with Crippen LogP contribution in [0.25, 0.3) is 0 Å². The van der Waals surface area contributed by atoms with Gasteiger partial charge in [0.2, 0.25) is 0 Å². The fourth-order valence-electron chi connectivity index (χ4n) is 2.49. The van der Waals surface area contributed by atoms with E-state index in [1.807, 2.05) is 0 Å². The van der Waals surface area contributed by atoms with Crippen LogP contribution in [0.3, 0.4) is 0 Å². The quantitative estimate of drug-likeness (QED) is 0.690. The van der Waals surface area contributed by atoms with E-state index in [1.54, 1.807) is 5.56 Å². The van der Waals surface area contributed by atoms with E-state index in [2.05, 4.69) is 36.9 Å². The van der Waals surface area contributed by atoms with Crippen molar-refractivity contribution in [3.8, 4) is 0 Å². The van der Waals surface area contributed by atoms with Gasteiger partial charge in [-0.1, -0.05) is 43.5 Å². The van der Waals surface area contributed by atoms with Gasteiger partial charge in [-0.2, -0.15) is 12.6 Å². The second kappa shape index (κ2) is 4.88. The summed E-state index contributed by atoms with van der Waals surface area (Å²) in [5.74, 6) is 1.69.